The summed E-state index contributed by atoms with van der Waals surface area (Å²) in [6, 6.07) is 7.96. The molecular weight excluding hydrogens is 276 g/mol. The number of para-hydroxylation sites is 1. The fraction of sp³-hybridized carbons (Fsp3) is 0.611. The molecule has 4 nitrogen and oxygen atoms in total. The number of nitrogens with zero attached hydrogens (tertiary/aromatic N) is 1. The van der Waals surface area contributed by atoms with Gasteiger partial charge in [-0.3, -0.25) is 4.79 Å². The Kier molecular flexibility index (Phi) is 3.89. The van der Waals surface area contributed by atoms with Crippen molar-refractivity contribution in [2.75, 3.05) is 26.7 Å². The number of carbonyl (C=O) groups is 1. The monoisotopic (exact) mass is 302 g/mol. The number of hydrogen-bond donors (Lipinski definition) is 1. The van der Waals surface area contributed by atoms with E-state index in [2.05, 4.69) is 17.3 Å². The Balaban J connectivity index is 1.51. The maximum absolute atomic E-state index is 12.4. The third-order valence-corrected chi connectivity index (χ3v) is 4.82. The minimum atomic E-state index is -0.359. The molecule has 3 rings (SSSR count). The first-order chi connectivity index (χ1) is 10.4. The zero-order valence-electron chi connectivity index (χ0n) is 13.9. The summed E-state index contributed by atoms with van der Waals surface area (Å²) in [6.07, 6.45) is 0. The van der Waals surface area contributed by atoms with Gasteiger partial charge in [0, 0.05) is 19.0 Å². The summed E-state index contributed by atoms with van der Waals surface area (Å²) in [4.78, 5) is 14.7. The molecular formula is C18H26N2O2. The van der Waals surface area contributed by atoms with Crippen LogP contribution in [0.4, 0.5) is 0 Å². The number of aryl methyl sites for hydroxylation is 1. The summed E-state index contributed by atoms with van der Waals surface area (Å²) >= 11 is 0. The first-order valence-electron chi connectivity index (χ1n) is 8.06. The van der Waals surface area contributed by atoms with Crippen molar-refractivity contribution in [3.8, 4) is 5.75 Å². The Morgan fingerprint density at radius 3 is 2.59 bits per heavy atom. The average Bonchev–Trinajstić information content (AvgIpc) is 2.96. The van der Waals surface area contributed by atoms with E-state index in [1.807, 2.05) is 45.0 Å². The third kappa shape index (κ3) is 3.12. The number of piperidine rings is 1. The van der Waals surface area contributed by atoms with Crippen LogP contribution in [0.25, 0.3) is 0 Å². The minimum absolute atomic E-state index is 0.196. The maximum atomic E-state index is 12.4. The van der Waals surface area contributed by atoms with Crippen molar-refractivity contribution in [3.63, 3.8) is 0 Å². The Bertz CT molecular complexity index is 558. The third-order valence-electron chi connectivity index (χ3n) is 4.82. The van der Waals surface area contributed by atoms with E-state index in [4.69, 9.17) is 4.74 Å². The number of carbonyl (C=O) groups excluding carboxylic acids is 1. The maximum Gasteiger partial charge on any atom is 0.224 e. The van der Waals surface area contributed by atoms with Crippen molar-refractivity contribution in [2.24, 2.45) is 17.8 Å². The molecule has 4 heteroatoms. The smallest absolute Gasteiger partial charge is 0.224 e. The molecule has 1 saturated heterocycles. The number of likely N-dealkylation sites (tertiary alicyclic amines) is 1. The van der Waals surface area contributed by atoms with Crippen LogP contribution in [0, 0.1) is 24.7 Å². The summed E-state index contributed by atoms with van der Waals surface area (Å²) in [5.74, 6) is 2.43. The van der Waals surface area contributed by atoms with Crippen LogP contribution in [0.1, 0.15) is 19.4 Å². The fourth-order valence-electron chi connectivity index (χ4n) is 3.56. The van der Waals surface area contributed by atoms with Gasteiger partial charge < -0.3 is 15.0 Å². The normalized spacial score (nSPS) is 27.4. The molecule has 1 aromatic carbocycles. The highest BCUT2D eigenvalue weighted by molar-refractivity contribution is 5.83. The van der Waals surface area contributed by atoms with E-state index in [0.29, 0.717) is 18.4 Å². The van der Waals surface area contributed by atoms with Gasteiger partial charge in [0.15, 0.2) is 0 Å². The lowest BCUT2D eigenvalue weighted by molar-refractivity contribution is -0.125. The Morgan fingerprint density at radius 1 is 1.32 bits per heavy atom. The van der Waals surface area contributed by atoms with Gasteiger partial charge in [-0.05, 0) is 51.3 Å². The lowest BCUT2D eigenvalue weighted by Crippen LogP contribution is -2.49. The Labute approximate surface area is 132 Å². The van der Waals surface area contributed by atoms with E-state index < -0.39 is 0 Å². The zero-order chi connectivity index (χ0) is 15.9. The number of amides is 1. The van der Waals surface area contributed by atoms with Gasteiger partial charge in [-0.2, -0.15) is 0 Å². The molecule has 1 heterocycles. The Morgan fingerprint density at radius 2 is 1.95 bits per heavy atom. The molecule has 1 unspecified atom stereocenters. The van der Waals surface area contributed by atoms with Gasteiger partial charge in [0.25, 0.3) is 0 Å². The summed E-state index contributed by atoms with van der Waals surface area (Å²) in [7, 11) is 2.13. The molecule has 1 aliphatic heterocycles. The van der Waals surface area contributed by atoms with E-state index in [9.17, 15) is 4.79 Å². The molecule has 1 saturated carbocycles. The van der Waals surface area contributed by atoms with Crippen LogP contribution >= 0.6 is 0 Å². The van der Waals surface area contributed by atoms with Gasteiger partial charge in [0.1, 0.15) is 12.4 Å². The minimum Gasteiger partial charge on any atom is -0.491 e. The largest absolute Gasteiger partial charge is 0.491 e. The molecule has 0 radical (unpaired) electrons. The van der Waals surface area contributed by atoms with Crippen LogP contribution in [0.15, 0.2) is 24.3 Å². The highest BCUT2D eigenvalue weighted by Gasteiger charge is 2.58. The van der Waals surface area contributed by atoms with Crippen LogP contribution in [-0.2, 0) is 4.79 Å². The second-order valence-corrected chi connectivity index (χ2v) is 7.50. The number of fused-ring (bicyclic) bond motifs is 1. The molecule has 0 spiro atoms. The molecule has 3 atom stereocenters. The molecule has 1 N–H and O–H groups in total. The van der Waals surface area contributed by atoms with Gasteiger partial charge >= 0.3 is 0 Å². The van der Waals surface area contributed by atoms with Crippen LogP contribution in [0.5, 0.6) is 5.75 Å². The highest BCUT2D eigenvalue weighted by atomic mass is 16.5. The predicted octanol–water partition coefficient (Wildman–Crippen LogP) is 2.08. The number of hydrogen-bond acceptors (Lipinski definition) is 3. The van der Waals surface area contributed by atoms with Crippen LogP contribution in [-0.4, -0.2) is 43.1 Å². The van der Waals surface area contributed by atoms with E-state index >= 15 is 0 Å². The molecule has 22 heavy (non-hydrogen) atoms. The van der Waals surface area contributed by atoms with Crippen molar-refractivity contribution in [3.05, 3.63) is 29.8 Å². The van der Waals surface area contributed by atoms with Gasteiger partial charge in [-0.1, -0.05) is 18.2 Å². The molecule has 1 aromatic rings. The van der Waals surface area contributed by atoms with Crippen LogP contribution < -0.4 is 10.1 Å². The van der Waals surface area contributed by atoms with Gasteiger partial charge in [0.2, 0.25) is 5.91 Å². The van der Waals surface area contributed by atoms with Crippen molar-refractivity contribution in [1.82, 2.24) is 10.2 Å². The summed E-state index contributed by atoms with van der Waals surface area (Å²) in [6.45, 7) is 8.67. The van der Waals surface area contributed by atoms with E-state index in [0.717, 1.165) is 24.4 Å². The first-order valence-corrected chi connectivity index (χ1v) is 8.06. The van der Waals surface area contributed by atoms with Crippen LogP contribution in [0.2, 0.25) is 0 Å². The second kappa shape index (κ2) is 5.58. The van der Waals surface area contributed by atoms with E-state index in [1.54, 1.807) is 0 Å². The van der Waals surface area contributed by atoms with Gasteiger partial charge in [0.05, 0.1) is 5.54 Å². The fourth-order valence-corrected chi connectivity index (χ4v) is 3.56. The van der Waals surface area contributed by atoms with Crippen LogP contribution in [0.3, 0.4) is 0 Å². The van der Waals surface area contributed by atoms with E-state index in [1.165, 1.54) is 0 Å². The van der Waals surface area contributed by atoms with E-state index in [-0.39, 0.29) is 17.4 Å². The van der Waals surface area contributed by atoms with Crippen molar-refractivity contribution in [2.45, 2.75) is 26.3 Å². The lowest BCUT2D eigenvalue weighted by Gasteiger charge is -2.27. The van der Waals surface area contributed by atoms with Gasteiger partial charge in [-0.25, -0.2) is 0 Å². The second-order valence-electron chi connectivity index (χ2n) is 7.50. The molecule has 1 amide bonds. The standard InChI is InChI=1S/C18H26N2O2/c1-12-7-5-6-8-15(12)22-11-18(2,3)19-17(21)16-13-9-20(4)10-14(13)16/h5-8,13-14,16H,9-11H2,1-4H3,(H,19,21)/t13-,14+,16?. The lowest BCUT2D eigenvalue weighted by atomic mass is 10.1. The first kappa shape index (κ1) is 15.3. The highest BCUT2D eigenvalue weighted by Crippen LogP contribution is 2.51. The van der Waals surface area contributed by atoms with Crippen molar-refractivity contribution >= 4 is 5.91 Å². The molecule has 2 fully saturated rings. The number of benzene rings is 1. The molecule has 1 aliphatic carbocycles. The summed E-state index contributed by atoms with van der Waals surface area (Å²) in [5, 5.41) is 3.17. The molecule has 2 aliphatic rings. The zero-order valence-corrected chi connectivity index (χ0v) is 13.9. The summed E-state index contributed by atoms with van der Waals surface area (Å²) in [5.41, 5.74) is 0.756. The summed E-state index contributed by atoms with van der Waals surface area (Å²) < 4.78 is 5.89. The quantitative estimate of drug-likeness (QED) is 0.905. The number of ether oxygens (including phenoxy) is 1. The average molecular weight is 302 g/mol. The van der Waals surface area contributed by atoms with Gasteiger partial charge in [-0.15, -0.1) is 0 Å². The molecule has 0 aromatic heterocycles. The molecule has 120 valence electrons. The van der Waals surface area contributed by atoms with Crippen molar-refractivity contribution < 1.29 is 9.53 Å². The SMILES string of the molecule is Cc1ccccc1OCC(C)(C)NC(=O)C1[C@H]2CN(C)C[C@@H]12. The predicted molar refractivity (Wildman–Crippen MR) is 86.9 cm³/mol. The molecule has 0 bridgehead atoms. The topological polar surface area (TPSA) is 41.6 Å². The van der Waals surface area contributed by atoms with Crippen molar-refractivity contribution in [1.29, 1.82) is 0 Å². The Hall–Kier alpha value is -1.55. The number of nitrogens with one attached hydrogen (secondary N) is 1. The number of rotatable bonds is 5.